The topological polar surface area (TPSA) is 46.5 Å². The summed E-state index contributed by atoms with van der Waals surface area (Å²) in [7, 11) is 0. The first kappa shape index (κ1) is 12.5. The molecule has 0 radical (unpaired) electrons. The van der Waals surface area contributed by atoms with Crippen molar-refractivity contribution in [2.75, 3.05) is 6.61 Å². The minimum atomic E-state index is -1.23. The molecule has 1 aliphatic rings. The van der Waals surface area contributed by atoms with E-state index in [0.717, 1.165) is 19.3 Å². The van der Waals surface area contributed by atoms with Crippen LogP contribution in [0.3, 0.4) is 0 Å². The van der Waals surface area contributed by atoms with Gasteiger partial charge in [0.25, 0.3) is 0 Å². The average Bonchev–Trinajstić information content (AvgIpc) is 2.18. The standard InChI is InChI=1S/C12H22O3/c1-4-15-11(13)12(14)8-6-5-7-10(12)9(2)3/h9-10,14H,4-8H2,1-3H3. The number of hydrogen-bond acceptors (Lipinski definition) is 3. The van der Waals surface area contributed by atoms with Crippen molar-refractivity contribution in [2.45, 2.75) is 52.1 Å². The van der Waals surface area contributed by atoms with Gasteiger partial charge in [-0.2, -0.15) is 0 Å². The number of aliphatic hydroxyl groups is 1. The highest BCUT2D eigenvalue weighted by molar-refractivity contribution is 5.79. The third-order valence-electron chi connectivity index (χ3n) is 3.37. The summed E-state index contributed by atoms with van der Waals surface area (Å²) in [6.45, 7) is 6.22. The quantitative estimate of drug-likeness (QED) is 0.732. The van der Waals surface area contributed by atoms with E-state index in [1.165, 1.54) is 0 Å². The Morgan fingerprint density at radius 2 is 2.20 bits per heavy atom. The summed E-state index contributed by atoms with van der Waals surface area (Å²) in [6.07, 6.45) is 3.49. The van der Waals surface area contributed by atoms with Crippen LogP contribution in [0, 0.1) is 11.8 Å². The number of carbonyl (C=O) groups excluding carboxylic acids is 1. The maximum absolute atomic E-state index is 11.8. The molecule has 0 heterocycles. The van der Waals surface area contributed by atoms with Crippen LogP contribution in [-0.2, 0) is 9.53 Å². The second kappa shape index (κ2) is 4.97. The van der Waals surface area contributed by atoms with Gasteiger partial charge in [-0.25, -0.2) is 4.79 Å². The van der Waals surface area contributed by atoms with Crippen LogP contribution in [0.15, 0.2) is 0 Å². The van der Waals surface area contributed by atoms with Crippen LogP contribution in [0.4, 0.5) is 0 Å². The van der Waals surface area contributed by atoms with E-state index in [0.29, 0.717) is 18.9 Å². The Kier molecular flexibility index (Phi) is 4.14. The summed E-state index contributed by atoms with van der Waals surface area (Å²) >= 11 is 0. The van der Waals surface area contributed by atoms with Crippen LogP contribution in [0.2, 0.25) is 0 Å². The van der Waals surface area contributed by atoms with Crippen LogP contribution in [0.1, 0.15) is 46.5 Å². The molecule has 15 heavy (non-hydrogen) atoms. The number of hydrogen-bond donors (Lipinski definition) is 1. The van der Waals surface area contributed by atoms with Gasteiger partial charge in [-0.05, 0) is 32.1 Å². The lowest BCUT2D eigenvalue weighted by atomic mass is 9.70. The van der Waals surface area contributed by atoms with Crippen LogP contribution in [0.5, 0.6) is 0 Å². The van der Waals surface area contributed by atoms with Crippen LogP contribution < -0.4 is 0 Å². The summed E-state index contributed by atoms with van der Waals surface area (Å²) < 4.78 is 4.98. The smallest absolute Gasteiger partial charge is 0.338 e. The molecule has 88 valence electrons. The van der Waals surface area contributed by atoms with Gasteiger partial charge in [0.15, 0.2) is 5.60 Å². The van der Waals surface area contributed by atoms with Crippen LogP contribution in [0.25, 0.3) is 0 Å². The van der Waals surface area contributed by atoms with Crippen molar-refractivity contribution in [3.05, 3.63) is 0 Å². The van der Waals surface area contributed by atoms with Gasteiger partial charge in [-0.1, -0.05) is 20.3 Å². The summed E-state index contributed by atoms with van der Waals surface area (Å²) in [5.74, 6) is -0.0617. The van der Waals surface area contributed by atoms with Gasteiger partial charge in [-0.15, -0.1) is 0 Å². The maximum atomic E-state index is 11.8. The predicted octanol–water partition coefficient (Wildman–Crippen LogP) is 2.13. The molecule has 1 rings (SSSR count). The fourth-order valence-corrected chi connectivity index (χ4v) is 2.58. The van der Waals surface area contributed by atoms with E-state index in [1.807, 2.05) is 0 Å². The Morgan fingerprint density at radius 1 is 1.53 bits per heavy atom. The Balaban J connectivity index is 2.80. The van der Waals surface area contributed by atoms with Gasteiger partial charge < -0.3 is 9.84 Å². The molecule has 0 aliphatic heterocycles. The van der Waals surface area contributed by atoms with Gasteiger partial charge in [0.1, 0.15) is 0 Å². The lowest BCUT2D eigenvalue weighted by molar-refractivity contribution is -0.178. The molecule has 0 spiro atoms. The van der Waals surface area contributed by atoms with Crippen molar-refractivity contribution in [2.24, 2.45) is 11.8 Å². The third-order valence-corrected chi connectivity index (χ3v) is 3.37. The molecule has 3 nitrogen and oxygen atoms in total. The lowest BCUT2D eigenvalue weighted by Gasteiger charge is -2.39. The van der Waals surface area contributed by atoms with E-state index in [4.69, 9.17) is 4.74 Å². The highest BCUT2D eigenvalue weighted by atomic mass is 16.5. The third kappa shape index (κ3) is 2.51. The van der Waals surface area contributed by atoms with Crippen LogP contribution in [-0.4, -0.2) is 23.3 Å². The second-order valence-electron chi connectivity index (χ2n) is 4.74. The molecule has 0 aromatic carbocycles. The lowest BCUT2D eigenvalue weighted by Crippen LogP contribution is -2.50. The Morgan fingerprint density at radius 3 is 2.73 bits per heavy atom. The van der Waals surface area contributed by atoms with E-state index in [-0.39, 0.29) is 5.92 Å². The van der Waals surface area contributed by atoms with E-state index < -0.39 is 11.6 Å². The number of esters is 1. The fraction of sp³-hybridized carbons (Fsp3) is 0.917. The molecule has 0 saturated heterocycles. The Labute approximate surface area is 91.8 Å². The number of carbonyl (C=O) groups is 1. The molecular weight excluding hydrogens is 192 g/mol. The summed E-state index contributed by atoms with van der Waals surface area (Å²) in [6, 6.07) is 0. The molecule has 1 fully saturated rings. The minimum absolute atomic E-state index is 0.0466. The molecule has 1 N–H and O–H groups in total. The molecule has 2 unspecified atom stereocenters. The molecule has 2 atom stereocenters. The van der Waals surface area contributed by atoms with Gasteiger partial charge in [0, 0.05) is 5.92 Å². The molecule has 1 saturated carbocycles. The van der Waals surface area contributed by atoms with Crippen LogP contribution >= 0.6 is 0 Å². The largest absolute Gasteiger partial charge is 0.464 e. The zero-order valence-corrected chi connectivity index (χ0v) is 9.95. The predicted molar refractivity (Wildman–Crippen MR) is 58.4 cm³/mol. The maximum Gasteiger partial charge on any atom is 0.338 e. The number of ether oxygens (including phenoxy) is 1. The zero-order chi connectivity index (χ0) is 11.5. The van der Waals surface area contributed by atoms with Crippen molar-refractivity contribution < 1.29 is 14.6 Å². The Bertz CT molecular complexity index is 225. The zero-order valence-electron chi connectivity index (χ0n) is 9.95. The average molecular weight is 214 g/mol. The molecule has 1 aliphatic carbocycles. The second-order valence-corrected chi connectivity index (χ2v) is 4.74. The summed E-state index contributed by atoms with van der Waals surface area (Å²) in [5.41, 5.74) is -1.23. The summed E-state index contributed by atoms with van der Waals surface area (Å²) in [5, 5.41) is 10.4. The molecule has 0 aromatic rings. The molecule has 0 bridgehead atoms. The summed E-state index contributed by atoms with van der Waals surface area (Å²) in [4.78, 5) is 11.8. The van der Waals surface area contributed by atoms with Crippen molar-refractivity contribution in [1.82, 2.24) is 0 Å². The van der Waals surface area contributed by atoms with Crippen molar-refractivity contribution >= 4 is 5.97 Å². The van der Waals surface area contributed by atoms with E-state index in [1.54, 1.807) is 6.92 Å². The molecule has 0 aromatic heterocycles. The highest BCUT2D eigenvalue weighted by Gasteiger charge is 2.47. The van der Waals surface area contributed by atoms with Gasteiger partial charge in [0.2, 0.25) is 0 Å². The normalized spacial score (nSPS) is 31.7. The monoisotopic (exact) mass is 214 g/mol. The van der Waals surface area contributed by atoms with Gasteiger partial charge >= 0.3 is 5.97 Å². The molecular formula is C12H22O3. The van der Waals surface area contributed by atoms with Gasteiger partial charge in [-0.3, -0.25) is 0 Å². The highest BCUT2D eigenvalue weighted by Crippen LogP contribution is 2.39. The first-order valence-corrected chi connectivity index (χ1v) is 5.92. The fourth-order valence-electron chi connectivity index (χ4n) is 2.58. The van der Waals surface area contributed by atoms with E-state index in [9.17, 15) is 9.90 Å². The van der Waals surface area contributed by atoms with Crippen molar-refractivity contribution in [3.8, 4) is 0 Å². The molecule has 0 amide bonds. The first-order valence-electron chi connectivity index (χ1n) is 5.92. The minimum Gasteiger partial charge on any atom is -0.464 e. The molecule has 3 heteroatoms. The Hall–Kier alpha value is -0.570. The van der Waals surface area contributed by atoms with Crippen molar-refractivity contribution in [3.63, 3.8) is 0 Å². The number of rotatable bonds is 3. The van der Waals surface area contributed by atoms with E-state index in [2.05, 4.69) is 13.8 Å². The van der Waals surface area contributed by atoms with Crippen molar-refractivity contribution in [1.29, 1.82) is 0 Å². The SMILES string of the molecule is CCOC(=O)C1(O)CCCCC1C(C)C. The van der Waals surface area contributed by atoms with Gasteiger partial charge in [0.05, 0.1) is 6.61 Å². The first-order chi connectivity index (χ1) is 7.02. The van der Waals surface area contributed by atoms with E-state index >= 15 is 0 Å².